The molecule has 0 bridgehead atoms. The number of ether oxygens (including phenoxy) is 1. The van der Waals surface area contributed by atoms with E-state index in [1.165, 1.54) is 0 Å². The molecule has 3 unspecified atom stereocenters. The van der Waals surface area contributed by atoms with Crippen molar-refractivity contribution in [2.75, 3.05) is 18.5 Å². The van der Waals surface area contributed by atoms with E-state index in [1.807, 2.05) is 24.3 Å². The number of hydrogen-bond acceptors (Lipinski definition) is 3. The molecule has 1 spiro atoms. The number of benzene rings is 2. The summed E-state index contributed by atoms with van der Waals surface area (Å²) in [7, 11) is 0. The molecule has 2 aliphatic rings. The average molecular weight is 461 g/mol. The summed E-state index contributed by atoms with van der Waals surface area (Å²) in [6, 6.07) is 12.8. The fourth-order valence-electron chi connectivity index (χ4n) is 4.64. The summed E-state index contributed by atoms with van der Waals surface area (Å²) in [5, 5.41) is 7.10. The van der Waals surface area contributed by atoms with Crippen LogP contribution < -0.4 is 10.6 Å². The summed E-state index contributed by atoms with van der Waals surface area (Å²) < 4.78 is 6.39. The zero-order chi connectivity index (χ0) is 22.4. The number of carbonyl (C=O) groups is 2. The van der Waals surface area contributed by atoms with Crippen LogP contribution in [0.4, 0.5) is 5.69 Å². The van der Waals surface area contributed by atoms with Crippen LogP contribution in [0.15, 0.2) is 42.5 Å². The highest BCUT2D eigenvalue weighted by Gasteiger charge is 2.60. The molecule has 5 nitrogen and oxygen atoms in total. The van der Waals surface area contributed by atoms with Gasteiger partial charge in [-0.25, -0.2) is 0 Å². The van der Waals surface area contributed by atoms with Gasteiger partial charge in [-0.2, -0.15) is 0 Å². The normalized spacial score (nSPS) is 25.7. The van der Waals surface area contributed by atoms with Gasteiger partial charge in [-0.15, -0.1) is 0 Å². The summed E-state index contributed by atoms with van der Waals surface area (Å²) in [5.41, 5.74) is 1.09. The number of hydrogen-bond donors (Lipinski definition) is 2. The summed E-state index contributed by atoms with van der Waals surface area (Å²) in [6.45, 7) is 6.89. The van der Waals surface area contributed by atoms with Crippen molar-refractivity contribution in [3.8, 4) is 0 Å². The maximum absolute atomic E-state index is 13.8. The molecule has 31 heavy (non-hydrogen) atoms. The third-order valence-corrected chi connectivity index (χ3v) is 6.42. The Morgan fingerprint density at radius 1 is 1.10 bits per heavy atom. The minimum absolute atomic E-state index is 0.0859. The second-order valence-electron chi connectivity index (χ2n) is 9.49. The number of anilines is 1. The molecule has 0 aliphatic carbocycles. The van der Waals surface area contributed by atoms with E-state index in [4.69, 9.17) is 27.9 Å². The van der Waals surface area contributed by atoms with Crippen molar-refractivity contribution in [3.05, 3.63) is 63.6 Å². The van der Waals surface area contributed by atoms with Crippen LogP contribution >= 0.6 is 23.2 Å². The van der Waals surface area contributed by atoms with Crippen LogP contribution in [0.5, 0.6) is 0 Å². The van der Waals surface area contributed by atoms with Gasteiger partial charge in [0.1, 0.15) is 5.41 Å². The average Bonchev–Trinajstić information content (AvgIpc) is 2.86. The lowest BCUT2D eigenvalue weighted by Gasteiger charge is -2.41. The van der Waals surface area contributed by atoms with Crippen molar-refractivity contribution in [1.29, 1.82) is 0 Å². The maximum Gasteiger partial charge on any atom is 0.238 e. The molecule has 2 aromatic carbocycles. The lowest BCUT2D eigenvalue weighted by molar-refractivity contribution is -0.133. The summed E-state index contributed by atoms with van der Waals surface area (Å²) in [5.74, 6) is -0.701. The van der Waals surface area contributed by atoms with E-state index in [0.29, 0.717) is 28.9 Å². The van der Waals surface area contributed by atoms with E-state index in [0.717, 1.165) is 11.1 Å². The van der Waals surface area contributed by atoms with Crippen LogP contribution in [0.2, 0.25) is 10.0 Å². The number of nitrogens with one attached hydrogen (secondary N) is 2. The van der Waals surface area contributed by atoms with Crippen LogP contribution in [-0.4, -0.2) is 31.1 Å². The van der Waals surface area contributed by atoms with E-state index < -0.39 is 11.5 Å². The van der Waals surface area contributed by atoms with Gasteiger partial charge in [0, 0.05) is 28.2 Å². The molecule has 4 rings (SSSR count). The van der Waals surface area contributed by atoms with E-state index in [9.17, 15) is 9.59 Å². The van der Waals surface area contributed by atoms with Crippen molar-refractivity contribution in [3.63, 3.8) is 0 Å². The highest BCUT2D eigenvalue weighted by atomic mass is 35.5. The van der Waals surface area contributed by atoms with Gasteiger partial charge in [-0.05, 0) is 40.8 Å². The van der Waals surface area contributed by atoms with Crippen LogP contribution in [0, 0.1) is 5.41 Å². The molecule has 0 radical (unpaired) electrons. The van der Waals surface area contributed by atoms with Crippen molar-refractivity contribution >= 4 is 40.7 Å². The molecule has 2 heterocycles. The SMILES string of the molecule is CC(C)(C)COC1CC(=O)NCC(c2cccc(Cl)c2)C12C(=O)Nc1cc(Cl)ccc12. The molecule has 2 aliphatic heterocycles. The Balaban J connectivity index is 1.94. The van der Waals surface area contributed by atoms with E-state index in [1.54, 1.807) is 18.2 Å². The van der Waals surface area contributed by atoms with E-state index >= 15 is 0 Å². The van der Waals surface area contributed by atoms with Crippen molar-refractivity contribution in [2.45, 2.75) is 44.6 Å². The Morgan fingerprint density at radius 2 is 1.84 bits per heavy atom. The lowest BCUT2D eigenvalue weighted by Crippen LogP contribution is -2.52. The van der Waals surface area contributed by atoms with Gasteiger partial charge in [0.15, 0.2) is 0 Å². The quantitative estimate of drug-likeness (QED) is 0.682. The molecule has 2 N–H and O–H groups in total. The molecule has 2 amide bonds. The van der Waals surface area contributed by atoms with Crippen LogP contribution in [-0.2, 0) is 19.7 Å². The van der Waals surface area contributed by atoms with Crippen molar-refractivity contribution < 1.29 is 14.3 Å². The highest BCUT2D eigenvalue weighted by Crippen LogP contribution is 2.52. The number of carbonyl (C=O) groups excluding carboxylic acids is 2. The lowest BCUT2D eigenvalue weighted by atomic mass is 9.64. The summed E-state index contributed by atoms with van der Waals surface area (Å²) in [6.07, 6.45) is -0.566. The zero-order valence-electron chi connectivity index (χ0n) is 17.8. The molecule has 1 fully saturated rings. The Hall–Kier alpha value is -2.08. The monoisotopic (exact) mass is 460 g/mol. The number of rotatable bonds is 3. The molecule has 3 atom stereocenters. The first kappa shape index (κ1) is 22.1. The van der Waals surface area contributed by atoms with Crippen molar-refractivity contribution in [1.82, 2.24) is 5.32 Å². The van der Waals surface area contributed by atoms with Gasteiger partial charge in [0.05, 0.1) is 19.1 Å². The first-order chi connectivity index (χ1) is 14.6. The summed E-state index contributed by atoms with van der Waals surface area (Å²) >= 11 is 12.5. The first-order valence-electron chi connectivity index (χ1n) is 10.4. The molecule has 164 valence electrons. The van der Waals surface area contributed by atoms with E-state index in [2.05, 4.69) is 31.4 Å². The second kappa shape index (κ2) is 8.12. The number of fused-ring (bicyclic) bond motifs is 2. The predicted octanol–water partition coefficient (Wildman–Crippen LogP) is 4.92. The van der Waals surface area contributed by atoms with Crippen molar-refractivity contribution in [2.24, 2.45) is 5.41 Å². The van der Waals surface area contributed by atoms with Gasteiger partial charge >= 0.3 is 0 Å². The van der Waals surface area contributed by atoms with Gasteiger partial charge in [0.25, 0.3) is 0 Å². The largest absolute Gasteiger partial charge is 0.376 e. The second-order valence-corrected chi connectivity index (χ2v) is 10.4. The molecular formula is C24H26Cl2N2O3. The minimum Gasteiger partial charge on any atom is -0.376 e. The first-order valence-corrected chi connectivity index (χ1v) is 11.1. The van der Waals surface area contributed by atoms with Gasteiger partial charge in [0.2, 0.25) is 11.8 Å². The fourth-order valence-corrected chi connectivity index (χ4v) is 5.01. The molecule has 1 saturated heterocycles. The molecule has 7 heteroatoms. The topological polar surface area (TPSA) is 67.4 Å². The Morgan fingerprint density at radius 3 is 2.55 bits per heavy atom. The Kier molecular flexibility index (Phi) is 5.80. The van der Waals surface area contributed by atoms with Gasteiger partial charge < -0.3 is 15.4 Å². The predicted molar refractivity (Wildman–Crippen MR) is 123 cm³/mol. The Labute approximate surface area is 192 Å². The number of halogens is 2. The van der Waals surface area contributed by atoms with E-state index in [-0.39, 0.29) is 29.6 Å². The van der Waals surface area contributed by atoms with Crippen LogP contribution in [0.1, 0.15) is 44.2 Å². The molecule has 2 aromatic rings. The Bertz CT molecular complexity index is 1030. The summed E-state index contributed by atoms with van der Waals surface area (Å²) in [4.78, 5) is 26.5. The highest BCUT2D eigenvalue weighted by molar-refractivity contribution is 6.31. The van der Waals surface area contributed by atoms with Crippen LogP contribution in [0.3, 0.4) is 0 Å². The third-order valence-electron chi connectivity index (χ3n) is 5.95. The number of amides is 2. The fraction of sp³-hybridized carbons (Fsp3) is 0.417. The third kappa shape index (κ3) is 4.07. The standard InChI is InChI=1S/C24H26Cl2N2O3/c1-23(2,3)13-31-20-11-21(29)27-12-18(14-5-4-6-15(25)9-14)24(20)17-8-7-16(26)10-19(17)28-22(24)30/h4-10,18,20H,11-13H2,1-3H3,(H,27,29)(H,28,30). The maximum atomic E-state index is 13.8. The molecule has 0 aromatic heterocycles. The molecular weight excluding hydrogens is 435 g/mol. The smallest absolute Gasteiger partial charge is 0.238 e. The zero-order valence-corrected chi connectivity index (χ0v) is 19.3. The van der Waals surface area contributed by atoms with Gasteiger partial charge in [-0.1, -0.05) is 62.2 Å². The van der Waals surface area contributed by atoms with Crippen LogP contribution in [0.25, 0.3) is 0 Å². The van der Waals surface area contributed by atoms with Gasteiger partial charge in [-0.3, -0.25) is 9.59 Å². The molecule has 0 saturated carbocycles. The minimum atomic E-state index is -1.10.